The average Bonchev–Trinajstić information content (AvgIpc) is 2.99. The number of rotatable bonds is 6. The molecule has 0 saturated carbocycles. The second-order valence-electron chi connectivity index (χ2n) is 6.22. The zero-order chi connectivity index (χ0) is 18.7. The molecule has 5 nitrogen and oxygen atoms in total. The quantitative estimate of drug-likeness (QED) is 0.636. The van der Waals surface area contributed by atoms with Gasteiger partial charge in [-0.3, -0.25) is 9.59 Å². The van der Waals surface area contributed by atoms with Gasteiger partial charge in [0.2, 0.25) is 11.8 Å². The third kappa shape index (κ3) is 3.74. The number of para-hydroxylation sites is 1. The van der Waals surface area contributed by atoms with Gasteiger partial charge in [0, 0.05) is 23.0 Å². The van der Waals surface area contributed by atoms with Gasteiger partial charge in [0.25, 0.3) is 0 Å². The molecular weight excluding hydrogens is 333 g/mol. The van der Waals surface area contributed by atoms with Crippen LogP contribution in [-0.2, 0) is 16.0 Å². The number of carbonyl (C=O) groups is 2. The van der Waals surface area contributed by atoms with Gasteiger partial charge in [-0.25, -0.2) is 4.39 Å². The summed E-state index contributed by atoms with van der Waals surface area (Å²) in [5.74, 6) is -1.12. The summed E-state index contributed by atoms with van der Waals surface area (Å²) in [6.45, 7) is 1.55. The summed E-state index contributed by atoms with van der Waals surface area (Å²) in [5, 5.41) is 3.60. The highest BCUT2D eigenvalue weighted by molar-refractivity contribution is 5.92. The predicted molar refractivity (Wildman–Crippen MR) is 98.8 cm³/mol. The van der Waals surface area contributed by atoms with Crippen molar-refractivity contribution in [2.45, 2.75) is 25.8 Å². The largest absolute Gasteiger partial charge is 0.368 e. The number of primary amides is 1. The van der Waals surface area contributed by atoms with Crippen molar-refractivity contribution < 1.29 is 14.0 Å². The van der Waals surface area contributed by atoms with E-state index in [9.17, 15) is 14.0 Å². The third-order valence-electron chi connectivity index (χ3n) is 4.35. The lowest BCUT2D eigenvalue weighted by molar-refractivity contribution is -0.126. The SMILES string of the molecule is CC(NC(=O)CCc1c(-c2ccc(F)cc2)[nH]c2ccccc12)C(N)=O. The van der Waals surface area contributed by atoms with Gasteiger partial charge in [0.05, 0.1) is 0 Å². The Labute approximate surface area is 150 Å². The summed E-state index contributed by atoms with van der Waals surface area (Å²) >= 11 is 0. The molecule has 0 saturated heterocycles. The van der Waals surface area contributed by atoms with Crippen LogP contribution in [0.25, 0.3) is 22.2 Å². The molecule has 0 radical (unpaired) electrons. The van der Waals surface area contributed by atoms with Crippen molar-refractivity contribution in [3.8, 4) is 11.3 Å². The second kappa shape index (κ2) is 7.39. The molecule has 2 amide bonds. The number of nitrogens with one attached hydrogen (secondary N) is 2. The van der Waals surface area contributed by atoms with Crippen LogP contribution in [0.3, 0.4) is 0 Å². The number of hydrogen-bond acceptors (Lipinski definition) is 2. The number of aromatic nitrogens is 1. The van der Waals surface area contributed by atoms with Crippen LogP contribution in [-0.4, -0.2) is 22.8 Å². The number of halogens is 1. The van der Waals surface area contributed by atoms with Gasteiger partial charge in [-0.2, -0.15) is 0 Å². The number of carbonyl (C=O) groups excluding carboxylic acids is 2. The van der Waals surface area contributed by atoms with E-state index in [-0.39, 0.29) is 18.1 Å². The van der Waals surface area contributed by atoms with Crippen LogP contribution in [0.1, 0.15) is 18.9 Å². The maximum atomic E-state index is 13.2. The molecule has 1 heterocycles. The topological polar surface area (TPSA) is 88.0 Å². The van der Waals surface area contributed by atoms with Crippen LogP contribution in [0.2, 0.25) is 0 Å². The Morgan fingerprint density at radius 2 is 1.85 bits per heavy atom. The number of H-pyrrole nitrogens is 1. The molecule has 2 aromatic carbocycles. The highest BCUT2D eigenvalue weighted by atomic mass is 19.1. The Hall–Kier alpha value is -3.15. The van der Waals surface area contributed by atoms with Crippen molar-refractivity contribution in [3.63, 3.8) is 0 Å². The van der Waals surface area contributed by atoms with Crippen molar-refractivity contribution in [1.82, 2.24) is 10.3 Å². The maximum absolute atomic E-state index is 13.2. The lowest BCUT2D eigenvalue weighted by Crippen LogP contribution is -2.42. The third-order valence-corrected chi connectivity index (χ3v) is 4.35. The monoisotopic (exact) mass is 353 g/mol. The fourth-order valence-electron chi connectivity index (χ4n) is 2.95. The number of benzene rings is 2. The highest BCUT2D eigenvalue weighted by Gasteiger charge is 2.16. The Bertz CT molecular complexity index is 947. The van der Waals surface area contributed by atoms with Crippen LogP contribution >= 0.6 is 0 Å². The van der Waals surface area contributed by atoms with E-state index >= 15 is 0 Å². The minimum Gasteiger partial charge on any atom is -0.368 e. The second-order valence-corrected chi connectivity index (χ2v) is 6.22. The zero-order valence-electron chi connectivity index (χ0n) is 14.4. The van der Waals surface area contributed by atoms with Gasteiger partial charge in [-0.05, 0) is 54.8 Å². The molecule has 4 N–H and O–H groups in total. The van der Waals surface area contributed by atoms with E-state index in [1.54, 1.807) is 19.1 Å². The number of amides is 2. The minimum absolute atomic E-state index is 0.216. The Balaban J connectivity index is 1.89. The average molecular weight is 353 g/mol. The maximum Gasteiger partial charge on any atom is 0.239 e. The number of hydrogen-bond donors (Lipinski definition) is 3. The van der Waals surface area contributed by atoms with E-state index < -0.39 is 11.9 Å². The van der Waals surface area contributed by atoms with Crippen molar-refractivity contribution >= 4 is 22.7 Å². The van der Waals surface area contributed by atoms with Crippen molar-refractivity contribution in [2.24, 2.45) is 5.73 Å². The van der Waals surface area contributed by atoms with Crippen LogP contribution in [0, 0.1) is 5.82 Å². The van der Waals surface area contributed by atoms with Gasteiger partial charge in [-0.1, -0.05) is 18.2 Å². The molecule has 3 aromatic rings. The van der Waals surface area contributed by atoms with Crippen molar-refractivity contribution in [3.05, 3.63) is 59.9 Å². The molecular formula is C20H20FN3O2. The van der Waals surface area contributed by atoms with E-state index in [1.165, 1.54) is 12.1 Å². The van der Waals surface area contributed by atoms with Gasteiger partial charge in [0.1, 0.15) is 11.9 Å². The number of nitrogens with two attached hydrogens (primary N) is 1. The minimum atomic E-state index is -0.706. The summed E-state index contributed by atoms with van der Waals surface area (Å²) in [5.41, 5.74) is 8.82. The number of fused-ring (bicyclic) bond motifs is 1. The lowest BCUT2D eigenvalue weighted by atomic mass is 10.0. The van der Waals surface area contributed by atoms with Gasteiger partial charge in [-0.15, -0.1) is 0 Å². The van der Waals surface area contributed by atoms with E-state index in [0.717, 1.165) is 27.7 Å². The summed E-state index contributed by atoms with van der Waals surface area (Å²) in [7, 11) is 0. The Morgan fingerprint density at radius 3 is 2.54 bits per heavy atom. The first-order valence-corrected chi connectivity index (χ1v) is 8.40. The molecule has 1 unspecified atom stereocenters. The first-order valence-electron chi connectivity index (χ1n) is 8.40. The molecule has 6 heteroatoms. The molecule has 3 rings (SSSR count). The highest BCUT2D eigenvalue weighted by Crippen LogP contribution is 2.31. The van der Waals surface area contributed by atoms with Crippen LogP contribution in [0.15, 0.2) is 48.5 Å². The molecule has 134 valence electrons. The lowest BCUT2D eigenvalue weighted by Gasteiger charge is -2.10. The molecule has 26 heavy (non-hydrogen) atoms. The fraction of sp³-hybridized carbons (Fsp3) is 0.200. The van der Waals surface area contributed by atoms with Crippen LogP contribution < -0.4 is 11.1 Å². The summed E-state index contributed by atoms with van der Waals surface area (Å²) in [4.78, 5) is 26.5. The summed E-state index contributed by atoms with van der Waals surface area (Å²) < 4.78 is 13.2. The van der Waals surface area contributed by atoms with Gasteiger partial charge >= 0.3 is 0 Å². The molecule has 0 aliphatic heterocycles. The molecule has 0 bridgehead atoms. The molecule has 1 atom stereocenters. The van der Waals surface area contributed by atoms with Crippen LogP contribution in [0.5, 0.6) is 0 Å². The number of aromatic amines is 1. The number of aryl methyl sites for hydroxylation is 1. The first kappa shape index (κ1) is 17.7. The van der Waals surface area contributed by atoms with Crippen molar-refractivity contribution in [1.29, 1.82) is 0 Å². The van der Waals surface area contributed by atoms with Gasteiger partial charge in [0.15, 0.2) is 0 Å². The van der Waals surface area contributed by atoms with E-state index in [4.69, 9.17) is 5.73 Å². The standard InChI is InChI=1S/C20H20FN3O2/c1-12(20(22)26)23-18(25)11-10-16-15-4-2-3-5-17(15)24-19(16)13-6-8-14(21)9-7-13/h2-9,12,24H,10-11H2,1H3,(H2,22,26)(H,23,25). The van der Waals surface area contributed by atoms with E-state index in [2.05, 4.69) is 10.3 Å². The molecule has 0 aliphatic carbocycles. The summed E-state index contributed by atoms with van der Waals surface area (Å²) in [6.07, 6.45) is 0.696. The molecule has 0 aliphatic rings. The predicted octanol–water partition coefficient (Wildman–Crippen LogP) is 2.90. The first-order chi connectivity index (χ1) is 12.5. The van der Waals surface area contributed by atoms with Gasteiger partial charge < -0.3 is 16.0 Å². The Kier molecular flexibility index (Phi) is 5.02. The smallest absolute Gasteiger partial charge is 0.239 e. The molecule has 1 aromatic heterocycles. The normalized spacial score (nSPS) is 12.1. The summed E-state index contributed by atoms with van der Waals surface area (Å²) in [6, 6.07) is 13.3. The van der Waals surface area contributed by atoms with Crippen molar-refractivity contribution in [2.75, 3.05) is 0 Å². The fourth-order valence-corrected chi connectivity index (χ4v) is 2.95. The molecule has 0 spiro atoms. The van der Waals surface area contributed by atoms with Crippen LogP contribution in [0.4, 0.5) is 4.39 Å². The zero-order valence-corrected chi connectivity index (χ0v) is 14.4. The molecule has 0 fully saturated rings. The van der Waals surface area contributed by atoms with E-state index in [0.29, 0.717) is 6.42 Å². The Morgan fingerprint density at radius 1 is 1.15 bits per heavy atom. The van der Waals surface area contributed by atoms with E-state index in [1.807, 2.05) is 24.3 Å².